The number of aryl methyl sites for hydroxylation is 1. The molecule has 0 bridgehead atoms. The number of hydrogen-bond donors (Lipinski definition) is 2. The van der Waals surface area contributed by atoms with Gasteiger partial charge in [0.1, 0.15) is 0 Å². The average Bonchev–Trinajstić information content (AvgIpc) is 2.69. The molecule has 0 fully saturated rings. The van der Waals surface area contributed by atoms with E-state index in [0.717, 1.165) is 11.1 Å². The minimum atomic E-state index is -3.23. The predicted molar refractivity (Wildman–Crippen MR) is 114 cm³/mol. The van der Waals surface area contributed by atoms with E-state index >= 15 is 0 Å². The van der Waals surface area contributed by atoms with E-state index in [1.165, 1.54) is 0 Å². The highest BCUT2D eigenvalue weighted by Gasteiger charge is 2.15. The van der Waals surface area contributed by atoms with Crippen LogP contribution < -0.4 is 10.0 Å². The van der Waals surface area contributed by atoms with Gasteiger partial charge < -0.3 is 5.32 Å². The van der Waals surface area contributed by atoms with Crippen LogP contribution in [0.15, 0.2) is 88.1 Å². The zero-order valence-corrected chi connectivity index (χ0v) is 16.8. The van der Waals surface area contributed by atoms with Crippen molar-refractivity contribution in [2.75, 3.05) is 4.72 Å². The fourth-order valence-electron chi connectivity index (χ4n) is 2.46. The van der Waals surface area contributed by atoms with Crippen molar-refractivity contribution in [3.8, 4) is 0 Å². The first-order valence-corrected chi connectivity index (χ1v) is 10.5. The van der Waals surface area contributed by atoms with Gasteiger partial charge in [-0.1, -0.05) is 59.6 Å². The van der Waals surface area contributed by atoms with E-state index in [2.05, 4.69) is 14.4 Å². The van der Waals surface area contributed by atoms with E-state index in [1.54, 1.807) is 36.4 Å². The molecule has 1 unspecified atom stereocenters. The van der Waals surface area contributed by atoms with Crippen molar-refractivity contribution < 1.29 is 9.00 Å². The molecule has 0 saturated carbocycles. The molecule has 0 spiro atoms. The smallest absolute Gasteiger partial charge is 0.332 e. The van der Waals surface area contributed by atoms with Crippen molar-refractivity contribution in [2.24, 2.45) is 4.36 Å². The van der Waals surface area contributed by atoms with E-state index in [9.17, 15) is 9.00 Å². The Morgan fingerprint density at radius 1 is 0.964 bits per heavy atom. The zero-order chi connectivity index (χ0) is 20.0. The molecule has 3 aromatic rings. The minimum Gasteiger partial charge on any atom is -0.332 e. The predicted octanol–water partition coefficient (Wildman–Crippen LogP) is 5.41. The summed E-state index contributed by atoms with van der Waals surface area (Å²) in [4.78, 5) is 12.8. The Morgan fingerprint density at radius 3 is 2.25 bits per heavy atom. The van der Waals surface area contributed by atoms with Gasteiger partial charge in [0.15, 0.2) is 9.92 Å². The number of carbonyl (C=O) groups excluding carboxylic acids is 1. The second-order valence-corrected chi connectivity index (χ2v) is 8.53. The minimum absolute atomic E-state index is 0.299. The maximum atomic E-state index is 13.6. The molecule has 2 N–H and O–H groups in total. The molecule has 3 aromatic carbocycles. The molecular formula is C21H20ClN3O2S. The van der Waals surface area contributed by atoms with Crippen LogP contribution in [0.2, 0.25) is 5.02 Å². The summed E-state index contributed by atoms with van der Waals surface area (Å²) in [5, 5.41) is 3.24. The third-order valence-electron chi connectivity index (χ3n) is 3.94. The molecular weight excluding hydrogens is 394 g/mol. The highest BCUT2D eigenvalue weighted by Crippen LogP contribution is 2.21. The normalized spacial score (nSPS) is 12.6. The molecule has 0 aromatic heterocycles. The molecule has 144 valence electrons. The van der Waals surface area contributed by atoms with Gasteiger partial charge in [0.05, 0.1) is 4.90 Å². The van der Waals surface area contributed by atoms with E-state index in [4.69, 9.17) is 11.6 Å². The Labute approximate surface area is 170 Å². The van der Waals surface area contributed by atoms with Crippen molar-refractivity contribution >= 4 is 33.2 Å². The van der Waals surface area contributed by atoms with Gasteiger partial charge in [0, 0.05) is 17.3 Å². The Kier molecular flexibility index (Phi) is 6.34. The van der Waals surface area contributed by atoms with Gasteiger partial charge in [0.2, 0.25) is 0 Å². The van der Waals surface area contributed by atoms with Crippen LogP contribution in [-0.2, 0) is 16.5 Å². The number of benzene rings is 3. The summed E-state index contributed by atoms with van der Waals surface area (Å²) in [7, 11) is -3.23. The molecule has 7 heteroatoms. The van der Waals surface area contributed by atoms with Gasteiger partial charge in [-0.3, -0.25) is 4.72 Å². The van der Waals surface area contributed by atoms with Crippen molar-refractivity contribution in [3.05, 3.63) is 95.0 Å². The molecule has 0 aliphatic heterocycles. The van der Waals surface area contributed by atoms with Crippen molar-refractivity contribution in [2.45, 2.75) is 18.4 Å². The summed E-state index contributed by atoms with van der Waals surface area (Å²) in [5.74, 6) is 0. The molecule has 5 nitrogen and oxygen atoms in total. The summed E-state index contributed by atoms with van der Waals surface area (Å²) in [6.07, 6.45) is 0. The first kappa shape index (κ1) is 19.9. The second kappa shape index (κ2) is 8.91. The lowest BCUT2D eigenvalue weighted by molar-refractivity contribution is 0.249. The van der Waals surface area contributed by atoms with Crippen LogP contribution >= 0.6 is 11.6 Å². The van der Waals surface area contributed by atoms with Crippen LogP contribution in [0.3, 0.4) is 0 Å². The third-order valence-corrected chi connectivity index (χ3v) is 6.04. The SMILES string of the molecule is Cc1ccc(S(=O)(=NC(=O)NCc2ccccc2)Nc2ccc(Cl)cc2)cc1. The fourth-order valence-corrected chi connectivity index (χ4v) is 4.11. The molecule has 3 rings (SSSR count). The van der Waals surface area contributed by atoms with E-state index in [1.807, 2.05) is 49.4 Å². The van der Waals surface area contributed by atoms with E-state index in [0.29, 0.717) is 22.2 Å². The molecule has 28 heavy (non-hydrogen) atoms. The number of rotatable bonds is 5. The third kappa shape index (κ3) is 5.34. The van der Waals surface area contributed by atoms with Crippen LogP contribution in [0.1, 0.15) is 11.1 Å². The van der Waals surface area contributed by atoms with Gasteiger partial charge >= 0.3 is 6.03 Å². The lowest BCUT2D eigenvalue weighted by Crippen LogP contribution is -2.23. The number of hydrogen-bond acceptors (Lipinski definition) is 2. The summed E-state index contributed by atoms with van der Waals surface area (Å²) in [5.41, 5.74) is 2.50. The molecule has 0 aliphatic rings. The zero-order valence-electron chi connectivity index (χ0n) is 15.3. The van der Waals surface area contributed by atoms with Crippen molar-refractivity contribution in [1.29, 1.82) is 0 Å². The Bertz CT molecular complexity index is 1060. The summed E-state index contributed by atoms with van der Waals surface area (Å²) >= 11 is 5.91. The molecule has 0 heterocycles. The van der Waals surface area contributed by atoms with E-state index < -0.39 is 15.9 Å². The number of urea groups is 1. The van der Waals surface area contributed by atoms with Crippen LogP contribution in [0.4, 0.5) is 10.5 Å². The second-order valence-electron chi connectivity index (χ2n) is 6.18. The quantitative estimate of drug-likeness (QED) is 0.586. The topological polar surface area (TPSA) is 70.6 Å². The summed E-state index contributed by atoms with van der Waals surface area (Å²) in [6, 6.07) is 22.6. The maximum Gasteiger partial charge on any atom is 0.351 e. The van der Waals surface area contributed by atoms with Gasteiger partial charge in [-0.25, -0.2) is 9.00 Å². The van der Waals surface area contributed by atoms with Crippen LogP contribution in [0, 0.1) is 6.92 Å². The largest absolute Gasteiger partial charge is 0.351 e. The maximum absolute atomic E-state index is 13.6. The molecule has 2 amide bonds. The molecule has 0 radical (unpaired) electrons. The Hall–Kier alpha value is -2.83. The Morgan fingerprint density at radius 2 is 1.61 bits per heavy atom. The first-order chi connectivity index (χ1) is 13.4. The lowest BCUT2D eigenvalue weighted by atomic mass is 10.2. The monoisotopic (exact) mass is 413 g/mol. The number of anilines is 1. The number of amides is 2. The van der Waals surface area contributed by atoms with Crippen molar-refractivity contribution in [1.82, 2.24) is 5.32 Å². The number of carbonyl (C=O) groups is 1. The van der Waals surface area contributed by atoms with E-state index in [-0.39, 0.29) is 0 Å². The van der Waals surface area contributed by atoms with Gasteiger partial charge in [-0.05, 0) is 48.9 Å². The van der Waals surface area contributed by atoms with Crippen LogP contribution in [0.25, 0.3) is 0 Å². The highest BCUT2D eigenvalue weighted by atomic mass is 35.5. The van der Waals surface area contributed by atoms with Crippen molar-refractivity contribution in [3.63, 3.8) is 0 Å². The molecule has 0 saturated heterocycles. The summed E-state index contributed by atoms with van der Waals surface area (Å²) in [6.45, 7) is 2.23. The average molecular weight is 414 g/mol. The standard InChI is InChI=1S/C21H20ClN3O2S/c1-16-7-13-20(14-8-16)28(27,24-19-11-9-18(22)10-12-19)25-21(26)23-15-17-5-3-2-4-6-17/h2-14H,15H2,1H3,(H2,23,24,25,26,27). The highest BCUT2D eigenvalue weighted by molar-refractivity contribution is 7.95. The van der Waals surface area contributed by atoms with Crippen LogP contribution in [0.5, 0.6) is 0 Å². The fraction of sp³-hybridized carbons (Fsp3) is 0.0952. The molecule has 1 atom stereocenters. The first-order valence-electron chi connectivity index (χ1n) is 8.63. The number of nitrogens with one attached hydrogen (secondary N) is 2. The Balaban J connectivity index is 1.89. The number of nitrogens with zero attached hydrogens (tertiary/aromatic N) is 1. The van der Waals surface area contributed by atoms with Crippen LogP contribution in [-0.4, -0.2) is 10.2 Å². The van der Waals surface area contributed by atoms with Gasteiger partial charge in [-0.2, -0.15) is 0 Å². The summed E-state index contributed by atoms with van der Waals surface area (Å²) < 4.78 is 20.5. The lowest BCUT2D eigenvalue weighted by Gasteiger charge is -2.14. The van der Waals surface area contributed by atoms with Gasteiger partial charge in [0.25, 0.3) is 0 Å². The number of halogens is 1. The molecule has 0 aliphatic carbocycles. The van der Waals surface area contributed by atoms with Gasteiger partial charge in [-0.15, -0.1) is 4.36 Å².